The van der Waals surface area contributed by atoms with Crippen molar-refractivity contribution in [2.75, 3.05) is 6.54 Å². The van der Waals surface area contributed by atoms with Gasteiger partial charge in [-0.3, -0.25) is 4.79 Å². The molecule has 1 amide bonds. The summed E-state index contributed by atoms with van der Waals surface area (Å²) < 4.78 is 25.5. The zero-order valence-electron chi connectivity index (χ0n) is 9.17. The van der Waals surface area contributed by atoms with Crippen LogP contribution >= 0.6 is 12.2 Å². The third-order valence-electron chi connectivity index (χ3n) is 2.24. The van der Waals surface area contributed by atoms with E-state index >= 15 is 0 Å². The molecule has 1 aromatic rings. The molecule has 3 N–H and O–H groups in total. The highest BCUT2D eigenvalue weighted by Crippen LogP contribution is 2.08. The number of rotatable bonds is 4. The van der Waals surface area contributed by atoms with Gasteiger partial charge in [0.1, 0.15) is 0 Å². The molecule has 0 aliphatic carbocycles. The minimum atomic E-state index is -1.06. The van der Waals surface area contributed by atoms with Crippen LogP contribution in [0.1, 0.15) is 17.3 Å². The Bertz CT molecular complexity index is 451. The Labute approximate surface area is 103 Å². The Morgan fingerprint density at radius 1 is 1.47 bits per heavy atom. The first-order chi connectivity index (χ1) is 7.91. The molecule has 6 heteroatoms. The zero-order valence-corrected chi connectivity index (χ0v) is 9.98. The minimum Gasteiger partial charge on any atom is -0.393 e. The summed E-state index contributed by atoms with van der Waals surface area (Å²) in [6.07, 6.45) is 0. The summed E-state index contributed by atoms with van der Waals surface area (Å²) in [6.45, 7) is 2.01. The molecule has 0 aliphatic heterocycles. The third-order valence-corrected chi connectivity index (χ3v) is 2.64. The Morgan fingerprint density at radius 3 is 2.65 bits per heavy atom. The van der Waals surface area contributed by atoms with E-state index in [1.54, 1.807) is 6.92 Å². The fraction of sp³-hybridized carbons (Fsp3) is 0.273. The highest BCUT2D eigenvalue weighted by molar-refractivity contribution is 7.80. The van der Waals surface area contributed by atoms with E-state index in [1.165, 1.54) is 6.07 Å². The van der Waals surface area contributed by atoms with Gasteiger partial charge in [-0.1, -0.05) is 19.1 Å². The van der Waals surface area contributed by atoms with Crippen molar-refractivity contribution in [1.29, 1.82) is 0 Å². The van der Waals surface area contributed by atoms with Gasteiger partial charge in [0.25, 0.3) is 5.91 Å². The van der Waals surface area contributed by atoms with Gasteiger partial charge in [0.05, 0.1) is 4.99 Å². The highest BCUT2D eigenvalue weighted by Gasteiger charge is 2.11. The summed E-state index contributed by atoms with van der Waals surface area (Å²) in [7, 11) is 0. The van der Waals surface area contributed by atoms with Gasteiger partial charge in [-0.15, -0.1) is 0 Å². The van der Waals surface area contributed by atoms with Crippen LogP contribution in [0.15, 0.2) is 18.2 Å². The fourth-order valence-corrected chi connectivity index (χ4v) is 1.17. The number of thiocarbonyl (C=S) groups is 1. The lowest BCUT2D eigenvalue weighted by atomic mass is 10.1. The number of carbonyl (C=O) groups excluding carboxylic acids is 1. The van der Waals surface area contributed by atoms with Crippen LogP contribution in [0.2, 0.25) is 0 Å². The largest absolute Gasteiger partial charge is 0.393 e. The molecule has 0 spiro atoms. The Morgan fingerprint density at radius 2 is 2.12 bits per heavy atom. The van der Waals surface area contributed by atoms with E-state index in [2.05, 4.69) is 5.32 Å². The smallest absolute Gasteiger partial charge is 0.251 e. The SMILES string of the molecule is CC(CNC(=O)c1ccc(F)c(F)c1)C(N)=S. The van der Waals surface area contributed by atoms with Crippen molar-refractivity contribution in [3.63, 3.8) is 0 Å². The van der Waals surface area contributed by atoms with E-state index in [-0.39, 0.29) is 23.0 Å². The van der Waals surface area contributed by atoms with Crippen LogP contribution in [0, 0.1) is 17.6 Å². The van der Waals surface area contributed by atoms with Crippen molar-refractivity contribution in [3.05, 3.63) is 35.4 Å². The molecule has 1 unspecified atom stereocenters. The Kier molecular flexibility index (Phi) is 4.51. The Balaban J connectivity index is 2.64. The van der Waals surface area contributed by atoms with E-state index in [0.29, 0.717) is 0 Å². The molecular formula is C11H12F2N2OS. The molecule has 3 nitrogen and oxygen atoms in total. The van der Waals surface area contributed by atoms with Crippen LogP contribution in [0.3, 0.4) is 0 Å². The maximum atomic E-state index is 12.9. The summed E-state index contributed by atoms with van der Waals surface area (Å²) >= 11 is 4.74. The molecule has 0 aromatic heterocycles. The molecule has 1 aromatic carbocycles. The number of carbonyl (C=O) groups is 1. The second-order valence-electron chi connectivity index (χ2n) is 3.64. The molecule has 0 fully saturated rings. The Hall–Kier alpha value is -1.56. The maximum absolute atomic E-state index is 12.9. The molecule has 1 rings (SSSR count). The molecular weight excluding hydrogens is 246 g/mol. The van der Waals surface area contributed by atoms with Crippen molar-refractivity contribution < 1.29 is 13.6 Å². The maximum Gasteiger partial charge on any atom is 0.251 e. The first kappa shape index (κ1) is 13.5. The molecule has 0 saturated carbocycles. The molecule has 0 radical (unpaired) electrons. The number of amides is 1. The average Bonchev–Trinajstić information content (AvgIpc) is 2.28. The van der Waals surface area contributed by atoms with Gasteiger partial charge in [0.15, 0.2) is 11.6 Å². The number of hydrogen-bond acceptors (Lipinski definition) is 2. The molecule has 0 bridgehead atoms. The number of nitrogens with two attached hydrogens (primary N) is 1. The number of hydrogen-bond donors (Lipinski definition) is 2. The lowest BCUT2D eigenvalue weighted by Gasteiger charge is -2.10. The van der Waals surface area contributed by atoms with Gasteiger partial charge in [-0.2, -0.15) is 0 Å². The molecule has 0 heterocycles. The lowest BCUT2D eigenvalue weighted by Crippen LogP contribution is -2.33. The first-order valence-corrected chi connectivity index (χ1v) is 5.35. The van der Waals surface area contributed by atoms with Gasteiger partial charge < -0.3 is 11.1 Å². The van der Waals surface area contributed by atoms with Crippen LogP contribution in [0.5, 0.6) is 0 Å². The molecule has 0 aliphatic rings. The summed E-state index contributed by atoms with van der Waals surface area (Å²) in [4.78, 5) is 11.8. The number of benzene rings is 1. The number of nitrogens with one attached hydrogen (secondary N) is 1. The molecule has 17 heavy (non-hydrogen) atoms. The minimum absolute atomic E-state index is 0.0547. The first-order valence-electron chi connectivity index (χ1n) is 4.94. The van der Waals surface area contributed by atoms with Crippen molar-refractivity contribution in [1.82, 2.24) is 5.32 Å². The van der Waals surface area contributed by atoms with E-state index in [9.17, 15) is 13.6 Å². The van der Waals surface area contributed by atoms with Crippen LogP contribution < -0.4 is 11.1 Å². The quantitative estimate of drug-likeness (QED) is 0.807. The van der Waals surface area contributed by atoms with Crippen LogP contribution in [-0.2, 0) is 0 Å². The van der Waals surface area contributed by atoms with Gasteiger partial charge in [0.2, 0.25) is 0 Å². The van der Waals surface area contributed by atoms with Crippen molar-refractivity contribution in [2.24, 2.45) is 11.7 Å². The third kappa shape index (κ3) is 3.74. The summed E-state index contributed by atoms with van der Waals surface area (Å²) in [5, 5.41) is 2.53. The number of halogens is 2. The van der Waals surface area contributed by atoms with E-state index in [0.717, 1.165) is 12.1 Å². The van der Waals surface area contributed by atoms with Crippen LogP contribution in [-0.4, -0.2) is 17.4 Å². The van der Waals surface area contributed by atoms with E-state index in [1.807, 2.05) is 0 Å². The topological polar surface area (TPSA) is 55.1 Å². The zero-order chi connectivity index (χ0) is 13.0. The van der Waals surface area contributed by atoms with Gasteiger partial charge in [-0.05, 0) is 18.2 Å². The van der Waals surface area contributed by atoms with Gasteiger partial charge in [0, 0.05) is 18.0 Å². The summed E-state index contributed by atoms with van der Waals surface area (Å²) in [5.41, 5.74) is 5.43. The van der Waals surface area contributed by atoms with Gasteiger partial charge >= 0.3 is 0 Å². The van der Waals surface area contributed by atoms with Crippen LogP contribution in [0.4, 0.5) is 8.78 Å². The monoisotopic (exact) mass is 258 g/mol. The van der Waals surface area contributed by atoms with Crippen molar-refractivity contribution in [2.45, 2.75) is 6.92 Å². The predicted molar refractivity (Wildman–Crippen MR) is 64.6 cm³/mol. The highest BCUT2D eigenvalue weighted by atomic mass is 32.1. The normalized spacial score (nSPS) is 11.9. The average molecular weight is 258 g/mol. The van der Waals surface area contributed by atoms with E-state index in [4.69, 9.17) is 18.0 Å². The second-order valence-corrected chi connectivity index (χ2v) is 4.11. The molecule has 1 atom stereocenters. The second kappa shape index (κ2) is 5.67. The van der Waals surface area contributed by atoms with E-state index < -0.39 is 17.5 Å². The predicted octanol–water partition coefficient (Wildman–Crippen LogP) is 1.62. The standard InChI is InChI=1S/C11H12F2N2OS/c1-6(10(14)17)5-15-11(16)7-2-3-8(12)9(13)4-7/h2-4,6H,5H2,1H3,(H2,14,17)(H,15,16). The molecule has 0 saturated heterocycles. The summed E-state index contributed by atoms with van der Waals surface area (Å²) in [6, 6.07) is 2.95. The van der Waals surface area contributed by atoms with Crippen molar-refractivity contribution in [3.8, 4) is 0 Å². The van der Waals surface area contributed by atoms with Crippen LogP contribution in [0.25, 0.3) is 0 Å². The van der Waals surface area contributed by atoms with Gasteiger partial charge in [-0.25, -0.2) is 8.78 Å². The molecule has 92 valence electrons. The fourth-order valence-electron chi connectivity index (χ4n) is 1.09. The van der Waals surface area contributed by atoms with Crippen molar-refractivity contribution >= 4 is 23.1 Å². The lowest BCUT2D eigenvalue weighted by molar-refractivity contribution is 0.0951. The summed E-state index contributed by atoms with van der Waals surface area (Å²) in [5.74, 6) is -2.69.